The summed E-state index contributed by atoms with van der Waals surface area (Å²) in [5, 5.41) is 2.80. The van der Waals surface area contributed by atoms with Gasteiger partial charge >= 0.3 is 0 Å². The van der Waals surface area contributed by atoms with Crippen LogP contribution in [0.4, 0.5) is 5.69 Å². The number of nitrogens with one attached hydrogen (secondary N) is 1. The lowest BCUT2D eigenvalue weighted by Crippen LogP contribution is -2.24. The van der Waals surface area contributed by atoms with Gasteiger partial charge in [-0.15, -0.1) is 11.6 Å². The Bertz CT molecular complexity index is 486. The third kappa shape index (κ3) is 3.96. The monoisotopic (exact) mass is 282 g/mol. The van der Waals surface area contributed by atoms with Gasteiger partial charge in [0.05, 0.1) is 0 Å². The summed E-state index contributed by atoms with van der Waals surface area (Å²) in [6, 6.07) is 5.26. The van der Waals surface area contributed by atoms with Crippen molar-refractivity contribution in [2.45, 2.75) is 13.8 Å². The lowest BCUT2D eigenvalue weighted by Gasteiger charge is -2.15. The number of alkyl halides is 1. The maximum atomic E-state index is 11.9. The topological polar surface area (TPSA) is 49.4 Å². The van der Waals surface area contributed by atoms with Gasteiger partial charge in [0, 0.05) is 37.1 Å². The van der Waals surface area contributed by atoms with Gasteiger partial charge in [-0.05, 0) is 24.6 Å². The predicted octanol–water partition coefficient (Wildman–Crippen LogP) is 2.51. The number of carbonyl (C=O) groups excluding carboxylic acids is 2. The molecule has 0 spiro atoms. The Hall–Kier alpha value is -1.55. The predicted molar refractivity (Wildman–Crippen MR) is 77.7 cm³/mol. The molecule has 0 fully saturated rings. The van der Waals surface area contributed by atoms with Crippen molar-refractivity contribution in [3.8, 4) is 0 Å². The van der Waals surface area contributed by atoms with Gasteiger partial charge in [0.1, 0.15) is 0 Å². The van der Waals surface area contributed by atoms with Gasteiger partial charge in [0.2, 0.25) is 5.91 Å². The summed E-state index contributed by atoms with van der Waals surface area (Å²) in [6.07, 6.45) is 0. The number of benzene rings is 1. The van der Waals surface area contributed by atoms with Crippen molar-refractivity contribution >= 4 is 29.1 Å². The van der Waals surface area contributed by atoms with Gasteiger partial charge in [0.25, 0.3) is 5.91 Å². The first kappa shape index (κ1) is 15.5. The molecule has 0 aliphatic rings. The first-order chi connectivity index (χ1) is 8.86. The average molecular weight is 283 g/mol. The Morgan fingerprint density at radius 3 is 2.53 bits per heavy atom. The van der Waals surface area contributed by atoms with Crippen molar-refractivity contribution in [3.05, 3.63) is 29.3 Å². The van der Waals surface area contributed by atoms with E-state index in [1.165, 1.54) is 4.90 Å². The number of halogens is 1. The van der Waals surface area contributed by atoms with Crippen molar-refractivity contribution in [1.29, 1.82) is 0 Å². The van der Waals surface area contributed by atoms with E-state index in [0.717, 1.165) is 5.56 Å². The van der Waals surface area contributed by atoms with Crippen LogP contribution in [0.25, 0.3) is 0 Å². The van der Waals surface area contributed by atoms with Crippen molar-refractivity contribution in [2.75, 3.05) is 25.3 Å². The maximum absolute atomic E-state index is 11.9. The fraction of sp³-hybridized carbons (Fsp3) is 0.429. The van der Waals surface area contributed by atoms with Crippen molar-refractivity contribution in [2.24, 2.45) is 5.92 Å². The molecule has 1 unspecified atom stereocenters. The normalized spacial score (nSPS) is 11.8. The number of carbonyl (C=O) groups is 2. The van der Waals surface area contributed by atoms with Gasteiger partial charge in [0.15, 0.2) is 0 Å². The number of rotatable bonds is 4. The van der Waals surface area contributed by atoms with Crippen molar-refractivity contribution in [1.82, 2.24) is 4.90 Å². The molecule has 0 saturated carbocycles. The number of aryl methyl sites for hydroxylation is 1. The summed E-state index contributed by atoms with van der Waals surface area (Å²) < 4.78 is 0. The Kier molecular flexibility index (Phi) is 5.36. The molecule has 104 valence electrons. The first-order valence-corrected chi connectivity index (χ1v) is 6.59. The van der Waals surface area contributed by atoms with Crippen LogP contribution in [0.2, 0.25) is 0 Å². The van der Waals surface area contributed by atoms with Crippen LogP contribution in [0.3, 0.4) is 0 Å². The zero-order valence-electron chi connectivity index (χ0n) is 11.7. The quantitative estimate of drug-likeness (QED) is 0.863. The summed E-state index contributed by atoms with van der Waals surface area (Å²) in [7, 11) is 3.38. The first-order valence-electron chi connectivity index (χ1n) is 6.06. The molecule has 0 aliphatic heterocycles. The molecule has 19 heavy (non-hydrogen) atoms. The standard InChI is InChI=1S/C14H19ClN2O2/c1-9-5-6-11(14(19)17(3)4)7-12(9)16-13(18)10(2)8-15/h5-7,10H,8H2,1-4H3,(H,16,18). The SMILES string of the molecule is Cc1ccc(C(=O)N(C)C)cc1NC(=O)C(C)CCl. The molecule has 0 heterocycles. The van der Waals surface area contributed by atoms with Gasteiger partial charge < -0.3 is 10.2 Å². The molecule has 0 aromatic heterocycles. The molecular weight excluding hydrogens is 264 g/mol. The number of amides is 2. The van der Waals surface area contributed by atoms with Gasteiger partial charge in [-0.1, -0.05) is 13.0 Å². The van der Waals surface area contributed by atoms with E-state index in [9.17, 15) is 9.59 Å². The minimum atomic E-state index is -0.269. The summed E-state index contributed by atoms with van der Waals surface area (Å²) >= 11 is 5.65. The largest absolute Gasteiger partial charge is 0.345 e. The van der Waals surface area contributed by atoms with Crippen molar-refractivity contribution in [3.63, 3.8) is 0 Å². The van der Waals surface area contributed by atoms with Crippen LogP contribution in [-0.4, -0.2) is 36.7 Å². The number of nitrogens with zero attached hydrogens (tertiary/aromatic N) is 1. The van der Waals surface area contributed by atoms with Crippen LogP contribution in [-0.2, 0) is 4.79 Å². The maximum Gasteiger partial charge on any atom is 0.253 e. The molecule has 4 nitrogen and oxygen atoms in total. The lowest BCUT2D eigenvalue weighted by atomic mass is 10.1. The number of hydrogen-bond acceptors (Lipinski definition) is 2. The van der Waals surface area contributed by atoms with Crippen LogP contribution < -0.4 is 5.32 Å². The summed E-state index contributed by atoms with van der Waals surface area (Å²) in [5.41, 5.74) is 2.10. The molecule has 1 atom stereocenters. The van der Waals surface area contributed by atoms with E-state index in [2.05, 4.69) is 5.32 Å². The molecule has 0 bridgehead atoms. The van der Waals surface area contributed by atoms with E-state index in [0.29, 0.717) is 11.3 Å². The van der Waals surface area contributed by atoms with Crippen LogP contribution >= 0.6 is 11.6 Å². The average Bonchev–Trinajstić information content (AvgIpc) is 2.39. The molecule has 0 aliphatic carbocycles. The molecule has 1 aromatic rings. The van der Waals surface area contributed by atoms with Crippen LogP contribution in [0.15, 0.2) is 18.2 Å². The van der Waals surface area contributed by atoms with Gasteiger partial charge in [-0.3, -0.25) is 9.59 Å². The summed E-state index contributed by atoms with van der Waals surface area (Å²) in [5.74, 6) is -0.246. The number of anilines is 1. The van der Waals surface area contributed by atoms with Crippen molar-refractivity contribution < 1.29 is 9.59 Å². The Balaban J connectivity index is 2.98. The van der Waals surface area contributed by atoms with E-state index < -0.39 is 0 Å². The molecular formula is C14H19ClN2O2. The molecule has 1 aromatic carbocycles. The molecule has 5 heteroatoms. The summed E-state index contributed by atoms with van der Waals surface area (Å²) in [4.78, 5) is 25.2. The highest BCUT2D eigenvalue weighted by Crippen LogP contribution is 2.18. The second-order valence-electron chi connectivity index (χ2n) is 4.77. The highest BCUT2D eigenvalue weighted by atomic mass is 35.5. The highest BCUT2D eigenvalue weighted by molar-refractivity contribution is 6.19. The lowest BCUT2D eigenvalue weighted by molar-refractivity contribution is -0.118. The third-order valence-corrected chi connectivity index (χ3v) is 3.29. The van der Waals surface area contributed by atoms with E-state index >= 15 is 0 Å². The van der Waals surface area contributed by atoms with Crippen LogP contribution in [0.1, 0.15) is 22.8 Å². The molecule has 1 N–H and O–H groups in total. The second kappa shape index (κ2) is 6.57. The van der Waals surface area contributed by atoms with Gasteiger partial charge in [-0.25, -0.2) is 0 Å². The molecule has 2 amide bonds. The van der Waals surface area contributed by atoms with Gasteiger partial charge in [-0.2, -0.15) is 0 Å². The van der Waals surface area contributed by atoms with E-state index in [-0.39, 0.29) is 23.6 Å². The van der Waals surface area contributed by atoms with Crippen LogP contribution in [0.5, 0.6) is 0 Å². The molecule has 0 radical (unpaired) electrons. The highest BCUT2D eigenvalue weighted by Gasteiger charge is 2.15. The fourth-order valence-corrected chi connectivity index (χ4v) is 1.61. The zero-order valence-corrected chi connectivity index (χ0v) is 12.4. The third-order valence-electron chi connectivity index (χ3n) is 2.83. The fourth-order valence-electron chi connectivity index (χ4n) is 1.47. The minimum absolute atomic E-state index is 0.0964. The molecule has 1 rings (SSSR count). The summed E-state index contributed by atoms with van der Waals surface area (Å²) in [6.45, 7) is 3.64. The Morgan fingerprint density at radius 2 is 2.00 bits per heavy atom. The Morgan fingerprint density at radius 1 is 1.37 bits per heavy atom. The zero-order chi connectivity index (χ0) is 14.6. The minimum Gasteiger partial charge on any atom is -0.345 e. The second-order valence-corrected chi connectivity index (χ2v) is 5.08. The number of hydrogen-bond donors (Lipinski definition) is 1. The van der Waals surface area contributed by atoms with E-state index in [1.54, 1.807) is 33.2 Å². The smallest absolute Gasteiger partial charge is 0.253 e. The molecule has 0 saturated heterocycles. The van der Waals surface area contributed by atoms with Crippen LogP contribution in [0, 0.1) is 12.8 Å². The van der Waals surface area contributed by atoms with E-state index in [1.807, 2.05) is 13.0 Å². The Labute approximate surface area is 118 Å². The van der Waals surface area contributed by atoms with E-state index in [4.69, 9.17) is 11.6 Å².